The van der Waals surface area contributed by atoms with E-state index in [-0.39, 0.29) is 17.0 Å². The Morgan fingerprint density at radius 1 is 1.30 bits per heavy atom. The second kappa shape index (κ2) is 6.67. The van der Waals surface area contributed by atoms with Gasteiger partial charge in [0.1, 0.15) is 5.76 Å². The van der Waals surface area contributed by atoms with Crippen molar-refractivity contribution < 1.29 is 12.8 Å². The van der Waals surface area contributed by atoms with Crippen LogP contribution in [0.15, 0.2) is 32.4 Å². The Kier molecular flexibility index (Phi) is 5.06. The quantitative estimate of drug-likeness (QED) is 0.794. The smallest absolute Gasteiger partial charge is 0.251 e. The summed E-state index contributed by atoms with van der Waals surface area (Å²) >= 11 is 0. The van der Waals surface area contributed by atoms with Crippen LogP contribution in [0.5, 0.6) is 0 Å². The summed E-state index contributed by atoms with van der Waals surface area (Å²) in [5.74, 6) is 1.19. The molecule has 0 atom stereocenters. The third-order valence-electron chi connectivity index (χ3n) is 3.45. The number of nitrogens with zero attached hydrogens (tertiary/aromatic N) is 3. The predicted octanol–water partition coefficient (Wildman–Crippen LogP) is 1.40. The van der Waals surface area contributed by atoms with E-state index in [9.17, 15) is 13.2 Å². The van der Waals surface area contributed by atoms with Crippen LogP contribution < -0.4 is 5.56 Å². The number of hydrogen-bond donors (Lipinski definition) is 0. The van der Waals surface area contributed by atoms with Crippen molar-refractivity contribution in [2.75, 3.05) is 14.1 Å². The van der Waals surface area contributed by atoms with Crippen LogP contribution in [0.1, 0.15) is 30.7 Å². The Bertz CT molecular complexity index is 850. The molecule has 126 valence electrons. The zero-order chi connectivity index (χ0) is 17.2. The summed E-state index contributed by atoms with van der Waals surface area (Å²) in [6.07, 6.45) is 2.97. The van der Waals surface area contributed by atoms with Gasteiger partial charge in [0.25, 0.3) is 5.56 Å². The molecule has 0 saturated heterocycles. The molecule has 8 heteroatoms. The third-order valence-corrected chi connectivity index (χ3v) is 5.25. The van der Waals surface area contributed by atoms with Gasteiger partial charge >= 0.3 is 0 Å². The Morgan fingerprint density at radius 3 is 2.61 bits per heavy atom. The normalized spacial score (nSPS) is 12.0. The summed E-state index contributed by atoms with van der Waals surface area (Å²) in [4.78, 5) is 16.4. The largest absolute Gasteiger partial charge is 0.444 e. The van der Waals surface area contributed by atoms with Gasteiger partial charge in [0, 0.05) is 32.8 Å². The van der Waals surface area contributed by atoms with Gasteiger partial charge in [-0.2, -0.15) is 0 Å². The van der Waals surface area contributed by atoms with Gasteiger partial charge in [0.15, 0.2) is 5.89 Å². The zero-order valence-electron chi connectivity index (χ0n) is 13.7. The van der Waals surface area contributed by atoms with Gasteiger partial charge in [-0.15, -0.1) is 0 Å². The monoisotopic (exact) mass is 339 g/mol. The molecule has 0 aliphatic rings. The molecule has 0 spiro atoms. The lowest BCUT2D eigenvalue weighted by atomic mass is 10.3. The highest BCUT2D eigenvalue weighted by atomic mass is 32.2. The van der Waals surface area contributed by atoms with Gasteiger partial charge in [0.2, 0.25) is 10.0 Å². The molecule has 0 aliphatic carbocycles. The lowest BCUT2D eigenvalue weighted by Crippen LogP contribution is -2.26. The first-order valence-corrected chi connectivity index (χ1v) is 8.78. The van der Waals surface area contributed by atoms with Crippen molar-refractivity contribution in [3.05, 3.63) is 46.0 Å². The van der Waals surface area contributed by atoms with Gasteiger partial charge < -0.3 is 8.98 Å². The first-order valence-electron chi connectivity index (χ1n) is 7.34. The second-order valence-electron chi connectivity index (χ2n) is 5.48. The lowest BCUT2D eigenvalue weighted by Gasteiger charge is -2.12. The van der Waals surface area contributed by atoms with Crippen molar-refractivity contribution >= 4 is 10.0 Å². The van der Waals surface area contributed by atoms with Crippen molar-refractivity contribution in [3.8, 4) is 0 Å². The minimum atomic E-state index is -3.59. The van der Waals surface area contributed by atoms with Crippen LogP contribution in [-0.4, -0.2) is 36.4 Å². The van der Waals surface area contributed by atoms with Gasteiger partial charge in [-0.3, -0.25) is 4.79 Å². The van der Waals surface area contributed by atoms with E-state index in [1.807, 2.05) is 13.8 Å². The molecule has 2 aromatic rings. The molecule has 0 fully saturated rings. The van der Waals surface area contributed by atoms with Crippen molar-refractivity contribution in [2.24, 2.45) is 0 Å². The van der Waals surface area contributed by atoms with E-state index in [4.69, 9.17) is 4.42 Å². The number of rotatable bonds is 6. The van der Waals surface area contributed by atoms with E-state index >= 15 is 0 Å². The number of oxazole rings is 1. The molecule has 0 aromatic carbocycles. The molecule has 0 aliphatic heterocycles. The van der Waals surface area contributed by atoms with E-state index in [2.05, 4.69) is 4.98 Å². The molecule has 2 heterocycles. The van der Waals surface area contributed by atoms with Crippen molar-refractivity contribution in [1.29, 1.82) is 0 Å². The molecule has 0 N–H and O–H groups in total. The maximum Gasteiger partial charge on any atom is 0.251 e. The molecule has 0 saturated carbocycles. The van der Waals surface area contributed by atoms with E-state index in [1.165, 1.54) is 37.0 Å². The van der Waals surface area contributed by atoms with Gasteiger partial charge in [0.05, 0.1) is 17.1 Å². The fraction of sp³-hybridized carbons (Fsp3) is 0.467. The van der Waals surface area contributed by atoms with Crippen molar-refractivity contribution in [2.45, 2.75) is 38.1 Å². The summed E-state index contributed by atoms with van der Waals surface area (Å²) < 4.78 is 32.4. The number of aryl methyl sites for hydroxylation is 2. The summed E-state index contributed by atoms with van der Waals surface area (Å²) in [6, 6.07) is 2.55. The average Bonchev–Trinajstić information content (AvgIpc) is 2.81. The SMILES string of the molecule is CCCc1nc(C)c(Cn2cc(S(=O)(=O)N(C)C)ccc2=O)o1. The predicted molar refractivity (Wildman–Crippen MR) is 85.9 cm³/mol. The fourth-order valence-electron chi connectivity index (χ4n) is 2.11. The highest BCUT2D eigenvalue weighted by Gasteiger charge is 2.19. The third kappa shape index (κ3) is 3.70. The molecule has 0 bridgehead atoms. The topological polar surface area (TPSA) is 85.4 Å². The van der Waals surface area contributed by atoms with Gasteiger partial charge in [-0.05, 0) is 19.4 Å². The molecule has 0 amide bonds. The van der Waals surface area contributed by atoms with Crippen LogP contribution in [0.2, 0.25) is 0 Å². The summed E-state index contributed by atoms with van der Waals surface area (Å²) in [7, 11) is -0.701. The Morgan fingerprint density at radius 2 is 2.00 bits per heavy atom. The Labute approximate surface area is 135 Å². The summed E-state index contributed by atoms with van der Waals surface area (Å²) in [5.41, 5.74) is 0.414. The molecule has 23 heavy (non-hydrogen) atoms. The molecular formula is C15H21N3O4S. The van der Waals surface area contributed by atoms with Crippen molar-refractivity contribution in [1.82, 2.24) is 13.9 Å². The molecule has 0 unspecified atom stereocenters. The van der Waals surface area contributed by atoms with E-state index in [0.717, 1.165) is 17.1 Å². The molecule has 0 radical (unpaired) electrons. The number of sulfonamides is 1. The number of pyridine rings is 1. The standard InChI is InChI=1S/C15H21N3O4S/c1-5-6-14-16-11(2)13(22-14)10-18-9-12(7-8-15(18)19)23(20,21)17(3)4/h7-9H,5-6,10H2,1-4H3. The van der Waals surface area contributed by atoms with E-state index in [0.29, 0.717) is 17.3 Å². The van der Waals surface area contributed by atoms with Crippen LogP contribution in [0, 0.1) is 6.92 Å². The minimum absolute atomic E-state index is 0.0630. The van der Waals surface area contributed by atoms with Crippen LogP contribution in [-0.2, 0) is 23.0 Å². The van der Waals surface area contributed by atoms with Crippen LogP contribution in [0.25, 0.3) is 0 Å². The molecule has 2 rings (SSSR count). The molecule has 7 nitrogen and oxygen atoms in total. The number of hydrogen-bond acceptors (Lipinski definition) is 5. The fourth-order valence-corrected chi connectivity index (χ4v) is 3.03. The van der Waals surface area contributed by atoms with Crippen LogP contribution >= 0.6 is 0 Å². The van der Waals surface area contributed by atoms with Gasteiger partial charge in [-0.25, -0.2) is 17.7 Å². The maximum absolute atomic E-state index is 12.2. The Balaban J connectivity index is 2.39. The van der Waals surface area contributed by atoms with Crippen LogP contribution in [0.3, 0.4) is 0 Å². The summed E-state index contributed by atoms with van der Waals surface area (Å²) in [5, 5.41) is 0. The van der Waals surface area contributed by atoms with E-state index in [1.54, 1.807) is 0 Å². The zero-order valence-corrected chi connectivity index (χ0v) is 14.6. The molecular weight excluding hydrogens is 318 g/mol. The average molecular weight is 339 g/mol. The van der Waals surface area contributed by atoms with Crippen LogP contribution in [0.4, 0.5) is 0 Å². The highest BCUT2D eigenvalue weighted by Crippen LogP contribution is 2.15. The van der Waals surface area contributed by atoms with E-state index < -0.39 is 10.0 Å². The highest BCUT2D eigenvalue weighted by molar-refractivity contribution is 7.89. The maximum atomic E-state index is 12.2. The first-order chi connectivity index (χ1) is 10.8. The van der Waals surface area contributed by atoms with Crippen molar-refractivity contribution in [3.63, 3.8) is 0 Å². The second-order valence-corrected chi connectivity index (χ2v) is 7.64. The number of aromatic nitrogens is 2. The minimum Gasteiger partial charge on any atom is -0.444 e. The van der Waals surface area contributed by atoms with Gasteiger partial charge in [-0.1, -0.05) is 6.92 Å². The summed E-state index contributed by atoms with van der Waals surface area (Å²) in [6.45, 7) is 3.99. The lowest BCUT2D eigenvalue weighted by molar-refractivity contribution is 0.438. The molecule has 2 aromatic heterocycles. The first kappa shape index (κ1) is 17.4. The Hall–Kier alpha value is -1.93.